The third kappa shape index (κ3) is 3.23. The molecule has 1 amide bonds. The van der Waals surface area contributed by atoms with Gasteiger partial charge in [-0.3, -0.25) is 9.89 Å². The number of aromatic amines is 1. The predicted molar refractivity (Wildman–Crippen MR) is 116 cm³/mol. The van der Waals surface area contributed by atoms with E-state index in [1.54, 1.807) is 23.1 Å². The molecule has 3 aromatic rings. The number of rotatable bonds is 6. The Balaban J connectivity index is 1.88. The zero-order chi connectivity index (χ0) is 21.4. The number of phenolic OH excluding ortho intramolecular Hbond substituents is 1. The van der Waals surface area contributed by atoms with Gasteiger partial charge in [-0.1, -0.05) is 29.8 Å². The van der Waals surface area contributed by atoms with Crippen molar-refractivity contribution in [3.8, 4) is 22.8 Å². The highest BCUT2D eigenvalue weighted by Gasteiger charge is 2.42. The molecule has 0 fully saturated rings. The number of hydrogen-bond acceptors (Lipinski definition) is 4. The monoisotopic (exact) mass is 423 g/mol. The summed E-state index contributed by atoms with van der Waals surface area (Å²) in [7, 11) is 0. The highest BCUT2D eigenvalue weighted by atomic mass is 35.5. The van der Waals surface area contributed by atoms with E-state index in [0.717, 1.165) is 16.9 Å². The molecule has 1 aromatic heterocycles. The number of halogens is 1. The number of H-pyrrole nitrogens is 1. The van der Waals surface area contributed by atoms with E-state index in [4.69, 9.17) is 16.3 Å². The number of aryl methyl sites for hydroxylation is 1. The fourth-order valence-corrected chi connectivity index (χ4v) is 4.01. The number of ether oxygens (including phenoxy) is 1. The second-order valence-corrected chi connectivity index (χ2v) is 7.54. The molecular formula is C23H22ClN3O3. The largest absolute Gasteiger partial charge is 0.507 e. The van der Waals surface area contributed by atoms with E-state index in [1.165, 1.54) is 0 Å². The van der Waals surface area contributed by atoms with E-state index < -0.39 is 0 Å². The molecule has 2 aromatic carbocycles. The van der Waals surface area contributed by atoms with Crippen molar-refractivity contribution in [2.75, 3.05) is 13.2 Å². The lowest BCUT2D eigenvalue weighted by Gasteiger charge is -2.25. The standard InChI is InChI=1S/C23H22ClN3O3/c1-4-10-27-22(14-6-8-15(9-7-14)30-5-2)19-20(25-26-21(19)23(27)29)16-12-17(24)13(3)11-18(16)28/h4,6-9,11-12,22,28H,1,5,10H2,2-3H3,(H,25,26). The molecule has 2 N–H and O–H groups in total. The van der Waals surface area contributed by atoms with Gasteiger partial charge in [0.25, 0.3) is 5.91 Å². The van der Waals surface area contributed by atoms with E-state index in [9.17, 15) is 9.90 Å². The van der Waals surface area contributed by atoms with Crippen LogP contribution in [0.4, 0.5) is 0 Å². The molecule has 1 atom stereocenters. The third-order valence-electron chi connectivity index (χ3n) is 5.23. The number of nitrogens with one attached hydrogen (secondary N) is 1. The van der Waals surface area contributed by atoms with Crippen LogP contribution in [0, 0.1) is 6.92 Å². The van der Waals surface area contributed by atoms with E-state index >= 15 is 0 Å². The summed E-state index contributed by atoms with van der Waals surface area (Å²) in [5.41, 5.74) is 3.77. The number of carbonyl (C=O) groups is 1. The van der Waals surface area contributed by atoms with Gasteiger partial charge in [0.1, 0.15) is 22.9 Å². The van der Waals surface area contributed by atoms with Crippen molar-refractivity contribution in [1.29, 1.82) is 0 Å². The highest BCUT2D eigenvalue weighted by Crippen LogP contribution is 2.45. The van der Waals surface area contributed by atoms with Crippen LogP contribution < -0.4 is 4.74 Å². The van der Waals surface area contributed by atoms with Gasteiger partial charge in [-0.15, -0.1) is 6.58 Å². The van der Waals surface area contributed by atoms with Crippen molar-refractivity contribution in [2.45, 2.75) is 19.9 Å². The Bertz CT molecular complexity index is 1120. The average Bonchev–Trinajstić information content (AvgIpc) is 3.26. The highest BCUT2D eigenvalue weighted by molar-refractivity contribution is 6.31. The van der Waals surface area contributed by atoms with Gasteiger partial charge in [-0.2, -0.15) is 5.10 Å². The molecule has 1 aliphatic rings. The number of aromatic hydroxyl groups is 1. The van der Waals surface area contributed by atoms with Crippen molar-refractivity contribution in [2.24, 2.45) is 0 Å². The van der Waals surface area contributed by atoms with Crippen LogP contribution in [0.2, 0.25) is 5.02 Å². The summed E-state index contributed by atoms with van der Waals surface area (Å²) in [6.45, 7) is 8.49. The van der Waals surface area contributed by atoms with Gasteiger partial charge in [0, 0.05) is 22.7 Å². The smallest absolute Gasteiger partial charge is 0.273 e. The first-order chi connectivity index (χ1) is 14.5. The summed E-state index contributed by atoms with van der Waals surface area (Å²) in [5.74, 6) is 0.656. The first kappa shape index (κ1) is 20.0. The molecule has 1 aliphatic heterocycles. The van der Waals surface area contributed by atoms with Crippen LogP contribution in [0.15, 0.2) is 49.1 Å². The van der Waals surface area contributed by atoms with Crippen molar-refractivity contribution in [3.63, 3.8) is 0 Å². The minimum Gasteiger partial charge on any atom is -0.507 e. The van der Waals surface area contributed by atoms with Crippen LogP contribution in [0.1, 0.15) is 40.1 Å². The van der Waals surface area contributed by atoms with E-state index in [2.05, 4.69) is 16.8 Å². The van der Waals surface area contributed by atoms with Crippen LogP contribution >= 0.6 is 11.6 Å². The van der Waals surface area contributed by atoms with Gasteiger partial charge in [-0.25, -0.2) is 0 Å². The zero-order valence-corrected chi connectivity index (χ0v) is 17.5. The maximum Gasteiger partial charge on any atom is 0.273 e. The summed E-state index contributed by atoms with van der Waals surface area (Å²) >= 11 is 6.31. The van der Waals surface area contributed by atoms with Gasteiger partial charge >= 0.3 is 0 Å². The molecule has 6 nitrogen and oxygen atoms in total. The van der Waals surface area contributed by atoms with Crippen LogP contribution in [-0.4, -0.2) is 39.3 Å². The van der Waals surface area contributed by atoms with Gasteiger partial charge < -0.3 is 14.7 Å². The van der Waals surface area contributed by atoms with Crippen LogP contribution in [0.3, 0.4) is 0 Å². The maximum absolute atomic E-state index is 13.1. The summed E-state index contributed by atoms with van der Waals surface area (Å²) in [5, 5.41) is 18.3. The van der Waals surface area contributed by atoms with Crippen LogP contribution in [0.5, 0.6) is 11.5 Å². The number of nitrogens with zero attached hydrogens (tertiary/aromatic N) is 2. The molecule has 7 heteroatoms. The topological polar surface area (TPSA) is 78.5 Å². The normalized spacial score (nSPS) is 15.4. The lowest BCUT2D eigenvalue weighted by atomic mass is 9.95. The number of carbonyl (C=O) groups excluding carboxylic acids is 1. The predicted octanol–water partition coefficient (Wildman–Crippen LogP) is 4.87. The number of amides is 1. The maximum atomic E-state index is 13.1. The number of benzene rings is 2. The van der Waals surface area contributed by atoms with E-state index in [1.807, 2.05) is 38.1 Å². The third-order valence-corrected chi connectivity index (χ3v) is 5.64. The van der Waals surface area contributed by atoms with E-state index in [0.29, 0.717) is 40.7 Å². The lowest BCUT2D eigenvalue weighted by molar-refractivity contribution is 0.0764. The Morgan fingerprint density at radius 3 is 2.73 bits per heavy atom. The van der Waals surface area contributed by atoms with Crippen molar-refractivity contribution >= 4 is 17.5 Å². The minimum atomic E-state index is -0.380. The lowest BCUT2D eigenvalue weighted by Crippen LogP contribution is -2.29. The average molecular weight is 424 g/mol. The summed E-state index contributed by atoms with van der Waals surface area (Å²) in [6, 6.07) is 10.5. The molecule has 154 valence electrons. The summed E-state index contributed by atoms with van der Waals surface area (Å²) in [6.07, 6.45) is 1.69. The molecule has 0 bridgehead atoms. The van der Waals surface area contributed by atoms with Crippen molar-refractivity contribution in [3.05, 3.63) is 76.5 Å². The summed E-state index contributed by atoms with van der Waals surface area (Å²) in [4.78, 5) is 14.8. The van der Waals surface area contributed by atoms with Gasteiger partial charge in [0.15, 0.2) is 0 Å². The minimum absolute atomic E-state index is 0.0614. The Hall–Kier alpha value is -3.25. The van der Waals surface area contributed by atoms with Crippen molar-refractivity contribution < 1.29 is 14.6 Å². The number of fused-ring (bicyclic) bond motifs is 1. The molecule has 1 unspecified atom stereocenters. The SMILES string of the molecule is C=CCN1C(=O)c2[nH]nc(-c3cc(Cl)c(C)cc3O)c2C1c1ccc(OCC)cc1. The second kappa shape index (κ2) is 7.88. The first-order valence-electron chi connectivity index (χ1n) is 9.68. The van der Waals surface area contributed by atoms with Gasteiger partial charge in [0.2, 0.25) is 0 Å². The fourth-order valence-electron chi connectivity index (χ4n) is 3.84. The van der Waals surface area contributed by atoms with Crippen molar-refractivity contribution in [1.82, 2.24) is 15.1 Å². The molecule has 30 heavy (non-hydrogen) atoms. The number of phenols is 1. The van der Waals surface area contributed by atoms with Gasteiger partial charge in [0.05, 0.1) is 12.6 Å². The Morgan fingerprint density at radius 1 is 1.33 bits per heavy atom. The summed E-state index contributed by atoms with van der Waals surface area (Å²) < 4.78 is 5.54. The Kier molecular flexibility index (Phi) is 5.26. The molecule has 2 heterocycles. The van der Waals surface area contributed by atoms with Crippen LogP contribution in [0.25, 0.3) is 11.3 Å². The Morgan fingerprint density at radius 2 is 2.07 bits per heavy atom. The molecular weight excluding hydrogens is 402 g/mol. The number of aromatic nitrogens is 2. The molecule has 0 radical (unpaired) electrons. The number of hydrogen-bond donors (Lipinski definition) is 2. The first-order valence-corrected chi connectivity index (χ1v) is 10.1. The fraction of sp³-hybridized carbons (Fsp3) is 0.217. The second-order valence-electron chi connectivity index (χ2n) is 7.13. The van der Waals surface area contributed by atoms with Crippen LogP contribution in [-0.2, 0) is 0 Å². The quantitative estimate of drug-likeness (QED) is 0.554. The molecule has 0 saturated carbocycles. The van der Waals surface area contributed by atoms with Gasteiger partial charge in [-0.05, 0) is 49.2 Å². The zero-order valence-electron chi connectivity index (χ0n) is 16.8. The molecule has 0 spiro atoms. The Labute approximate surface area is 179 Å². The van der Waals surface area contributed by atoms with E-state index in [-0.39, 0.29) is 17.7 Å². The molecule has 4 rings (SSSR count). The molecule has 0 saturated heterocycles. The molecule has 0 aliphatic carbocycles.